The molecule has 0 spiro atoms. The van der Waals surface area contributed by atoms with Gasteiger partial charge in [-0.3, -0.25) is 4.79 Å². The van der Waals surface area contributed by atoms with E-state index in [0.29, 0.717) is 16.5 Å². The molecule has 0 aliphatic heterocycles. The fourth-order valence-electron chi connectivity index (χ4n) is 3.47. The van der Waals surface area contributed by atoms with Gasteiger partial charge in [0.15, 0.2) is 4.34 Å². The maximum Gasteiger partial charge on any atom is 0.229 e. The summed E-state index contributed by atoms with van der Waals surface area (Å²) in [6, 6.07) is 7.79. The molecule has 4 nitrogen and oxygen atoms in total. The van der Waals surface area contributed by atoms with Crippen molar-refractivity contribution in [3.05, 3.63) is 34.9 Å². The number of carbonyl (C=O) groups is 1. The summed E-state index contributed by atoms with van der Waals surface area (Å²) < 4.78 is 0.858. The Labute approximate surface area is 174 Å². The second-order valence-corrected chi connectivity index (χ2v) is 10.8. The first-order chi connectivity index (χ1) is 12.8. The predicted octanol–water partition coefficient (Wildman–Crippen LogP) is 6.27. The fourth-order valence-corrected chi connectivity index (χ4v) is 5.31. The number of thioether (sulfide) groups is 1. The van der Waals surface area contributed by atoms with Gasteiger partial charge < -0.3 is 5.32 Å². The SMILES string of the molecule is CC(C)(C)C1CCC(C(=O)Nc2nnc(SCc3ccc(Cl)cc3)s2)CC1. The second-order valence-electron chi connectivity index (χ2n) is 8.19. The summed E-state index contributed by atoms with van der Waals surface area (Å²) in [5.74, 6) is 1.70. The third kappa shape index (κ3) is 5.93. The van der Waals surface area contributed by atoms with E-state index in [1.807, 2.05) is 24.3 Å². The first-order valence-electron chi connectivity index (χ1n) is 9.33. The highest BCUT2D eigenvalue weighted by atomic mass is 35.5. The molecule has 7 heteroatoms. The van der Waals surface area contributed by atoms with Crippen LogP contribution in [0.1, 0.15) is 52.0 Å². The van der Waals surface area contributed by atoms with Crippen molar-refractivity contribution in [3.63, 3.8) is 0 Å². The summed E-state index contributed by atoms with van der Waals surface area (Å²) in [4.78, 5) is 12.6. The minimum absolute atomic E-state index is 0.0905. The van der Waals surface area contributed by atoms with Gasteiger partial charge in [-0.15, -0.1) is 10.2 Å². The van der Waals surface area contributed by atoms with Crippen LogP contribution in [-0.4, -0.2) is 16.1 Å². The second kappa shape index (κ2) is 8.93. The lowest BCUT2D eigenvalue weighted by atomic mass is 9.70. The van der Waals surface area contributed by atoms with Gasteiger partial charge in [0, 0.05) is 16.7 Å². The van der Waals surface area contributed by atoms with Crippen LogP contribution in [0.3, 0.4) is 0 Å². The van der Waals surface area contributed by atoms with Gasteiger partial charge in [-0.25, -0.2) is 0 Å². The van der Waals surface area contributed by atoms with Crippen molar-refractivity contribution >= 4 is 45.7 Å². The summed E-state index contributed by atoms with van der Waals surface area (Å²) >= 11 is 8.96. The molecule has 0 unspecified atom stereocenters. The Balaban J connectivity index is 1.47. The first-order valence-corrected chi connectivity index (χ1v) is 11.5. The van der Waals surface area contributed by atoms with E-state index in [4.69, 9.17) is 11.6 Å². The topological polar surface area (TPSA) is 54.9 Å². The lowest BCUT2D eigenvalue weighted by Crippen LogP contribution is -2.31. The predicted molar refractivity (Wildman–Crippen MR) is 114 cm³/mol. The van der Waals surface area contributed by atoms with E-state index in [2.05, 4.69) is 36.3 Å². The largest absolute Gasteiger partial charge is 0.300 e. The third-order valence-corrected chi connectivity index (χ3v) is 7.53. The Morgan fingerprint density at radius 2 is 1.85 bits per heavy atom. The van der Waals surface area contributed by atoms with Crippen molar-refractivity contribution in [2.24, 2.45) is 17.3 Å². The molecule has 1 aliphatic rings. The lowest BCUT2D eigenvalue weighted by molar-refractivity contribution is -0.121. The minimum Gasteiger partial charge on any atom is -0.300 e. The summed E-state index contributed by atoms with van der Waals surface area (Å²) in [5, 5.41) is 12.6. The number of hydrogen-bond acceptors (Lipinski definition) is 5. The van der Waals surface area contributed by atoms with Crippen molar-refractivity contribution in [1.82, 2.24) is 10.2 Å². The highest BCUT2D eigenvalue weighted by Crippen LogP contribution is 2.40. The van der Waals surface area contributed by atoms with Crippen LogP contribution in [0.25, 0.3) is 0 Å². The van der Waals surface area contributed by atoms with Gasteiger partial charge >= 0.3 is 0 Å². The van der Waals surface area contributed by atoms with E-state index in [1.54, 1.807) is 11.8 Å². The van der Waals surface area contributed by atoms with Crippen LogP contribution >= 0.6 is 34.7 Å². The fraction of sp³-hybridized carbons (Fsp3) is 0.550. The molecule has 1 N–H and O–H groups in total. The van der Waals surface area contributed by atoms with Gasteiger partial charge in [0.05, 0.1) is 0 Å². The number of rotatable bonds is 5. The lowest BCUT2D eigenvalue weighted by Gasteiger charge is -2.36. The van der Waals surface area contributed by atoms with Gasteiger partial charge in [-0.2, -0.15) is 0 Å². The summed E-state index contributed by atoms with van der Waals surface area (Å²) in [6.07, 6.45) is 4.18. The molecule has 0 saturated heterocycles. The zero-order chi connectivity index (χ0) is 19.4. The van der Waals surface area contributed by atoms with Crippen LogP contribution in [0, 0.1) is 17.3 Å². The number of carbonyl (C=O) groups excluding carboxylic acids is 1. The molecule has 1 aromatic heterocycles. The number of benzene rings is 1. The Kier molecular flexibility index (Phi) is 6.82. The molecule has 27 heavy (non-hydrogen) atoms. The van der Waals surface area contributed by atoms with Crippen molar-refractivity contribution < 1.29 is 4.79 Å². The zero-order valence-electron chi connectivity index (χ0n) is 16.0. The average Bonchev–Trinajstić information content (AvgIpc) is 3.08. The number of anilines is 1. The molecular weight excluding hydrogens is 398 g/mol. The Hall–Kier alpha value is -1.11. The van der Waals surface area contributed by atoms with E-state index in [1.165, 1.54) is 16.9 Å². The molecule has 2 aromatic rings. The van der Waals surface area contributed by atoms with Crippen molar-refractivity contribution in [2.45, 2.75) is 56.5 Å². The average molecular weight is 424 g/mol. The number of nitrogens with one attached hydrogen (secondary N) is 1. The normalized spacial score (nSPS) is 20.4. The zero-order valence-corrected chi connectivity index (χ0v) is 18.4. The van der Waals surface area contributed by atoms with E-state index < -0.39 is 0 Å². The molecule has 0 radical (unpaired) electrons. The minimum atomic E-state index is 0.0905. The van der Waals surface area contributed by atoms with Gasteiger partial charge in [-0.05, 0) is 54.7 Å². The molecule has 1 heterocycles. The Morgan fingerprint density at radius 1 is 1.19 bits per heavy atom. The molecule has 146 valence electrons. The molecule has 1 amide bonds. The summed E-state index contributed by atoms with van der Waals surface area (Å²) in [6.45, 7) is 6.88. The van der Waals surface area contributed by atoms with Crippen LogP contribution in [-0.2, 0) is 10.5 Å². The monoisotopic (exact) mass is 423 g/mol. The van der Waals surface area contributed by atoms with Crippen molar-refractivity contribution in [3.8, 4) is 0 Å². The smallest absolute Gasteiger partial charge is 0.229 e. The number of halogens is 1. The molecule has 0 bridgehead atoms. The quantitative estimate of drug-likeness (QED) is 0.454. The van der Waals surface area contributed by atoms with Crippen LogP contribution in [0.15, 0.2) is 28.6 Å². The molecule has 1 aliphatic carbocycles. The highest BCUT2D eigenvalue weighted by Gasteiger charge is 2.32. The molecule has 3 rings (SSSR count). The Morgan fingerprint density at radius 3 is 2.48 bits per heavy atom. The van der Waals surface area contributed by atoms with Crippen molar-refractivity contribution in [2.75, 3.05) is 5.32 Å². The van der Waals surface area contributed by atoms with Crippen LogP contribution in [0.2, 0.25) is 5.02 Å². The summed E-state index contributed by atoms with van der Waals surface area (Å²) in [7, 11) is 0. The van der Waals surface area contributed by atoms with Crippen LogP contribution in [0.5, 0.6) is 0 Å². The van der Waals surface area contributed by atoms with Crippen LogP contribution < -0.4 is 5.32 Å². The van der Waals surface area contributed by atoms with Gasteiger partial charge in [0.25, 0.3) is 0 Å². The first kappa shape index (κ1) is 20.6. The van der Waals surface area contributed by atoms with Gasteiger partial charge in [0.2, 0.25) is 11.0 Å². The summed E-state index contributed by atoms with van der Waals surface area (Å²) in [5.41, 5.74) is 1.51. The highest BCUT2D eigenvalue weighted by molar-refractivity contribution is 8.00. The Bertz CT molecular complexity index is 762. The molecular formula is C20H26ClN3OS2. The molecule has 1 aromatic carbocycles. The molecule has 1 saturated carbocycles. The number of aromatic nitrogens is 2. The maximum absolute atomic E-state index is 12.6. The standard InChI is InChI=1S/C20H26ClN3OS2/c1-20(2,3)15-8-6-14(7-9-15)17(25)22-18-23-24-19(27-18)26-12-13-4-10-16(21)11-5-13/h4-5,10-11,14-15H,6-9,12H2,1-3H3,(H,22,23,25). The van der Waals surface area contributed by atoms with Crippen molar-refractivity contribution in [1.29, 1.82) is 0 Å². The van der Waals surface area contributed by atoms with E-state index in [9.17, 15) is 4.79 Å². The van der Waals surface area contributed by atoms with Gasteiger partial charge in [-0.1, -0.05) is 67.6 Å². The maximum atomic E-state index is 12.6. The third-order valence-electron chi connectivity index (χ3n) is 5.23. The molecule has 0 atom stereocenters. The van der Waals surface area contributed by atoms with E-state index in [-0.39, 0.29) is 11.8 Å². The van der Waals surface area contributed by atoms with E-state index in [0.717, 1.165) is 40.8 Å². The van der Waals surface area contributed by atoms with Gasteiger partial charge in [0.1, 0.15) is 0 Å². The molecule has 1 fully saturated rings. The number of hydrogen-bond donors (Lipinski definition) is 1. The number of amides is 1. The van der Waals surface area contributed by atoms with E-state index >= 15 is 0 Å². The number of nitrogens with zero attached hydrogens (tertiary/aromatic N) is 2. The van der Waals surface area contributed by atoms with Crippen LogP contribution in [0.4, 0.5) is 5.13 Å².